The van der Waals surface area contributed by atoms with Gasteiger partial charge < -0.3 is 10.6 Å². The monoisotopic (exact) mass is 344 g/mol. The Morgan fingerprint density at radius 3 is 2.79 bits per heavy atom. The van der Waals surface area contributed by atoms with Gasteiger partial charge in [0, 0.05) is 23.7 Å². The van der Waals surface area contributed by atoms with Crippen molar-refractivity contribution in [3.63, 3.8) is 0 Å². The molecule has 0 spiro atoms. The number of aryl methyl sites for hydroxylation is 2. The van der Waals surface area contributed by atoms with Crippen LogP contribution >= 0.6 is 11.8 Å². The van der Waals surface area contributed by atoms with Gasteiger partial charge in [-0.15, -0.1) is 0 Å². The van der Waals surface area contributed by atoms with Crippen molar-refractivity contribution < 1.29 is 9.59 Å². The molecule has 0 bridgehead atoms. The third kappa shape index (κ3) is 2.80. The summed E-state index contributed by atoms with van der Waals surface area (Å²) >= 11 is 1.28. The van der Waals surface area contributed by atoms with Crippen LogP contribution in [0.3, 0.4) is 0 Å². The van der Waals surface area contributed by atoms with Gasteiger partial charge in [-0.3, -0.25) is 14.3 Å². The summed E-state index contributed by atoms with van der Waals surface area (Å²) in [5, 5.41) is 10.1. The van der Waals surface area contributed by atoms with E-state index in [2.05, 4.69) is 15.7 Å². The quantitative estimate of drug-likeness (QED) is 0.839. The lowest BCUT2D eigenvalue weighted by Gasteiger charge is -2.32. The Hall–Kier alpha value is -2.28. The van der Waals surface area contributed by atoms with E-state index in [9.17, 15) is 9.59 Å². The Balaban J connectivity index is 1.81. The maximum Gasteiger partial charge on any atom is 0.250 e. The molecule has 0 saturated carbocycles. The molecule has 2 unspecified atom stereocenters. The highest BCUT2D eigenvalue weighted by Gasteiger charge is 2.46. The molecule has 0 fully saturated rings. The Labute approximate surface area is 145 Å². The second kappa shape index (κ2) is 5.98. The van der Waals surface area contributed by atoms with Crippen molar-refractivity contribution in [3.8, 4) is 0 Å². The van der Waals surface area contributed by atoms with Crippen LogP contribution in [-0.4, -0.2) is 26.3 Å². The third-order valence-electron chi connectivity index (χ3n) is 4.18. The molecular formula is C17H20N4O2S. The Kier molecular flexibility index (Phi) is 4.13. The van der Waals surface area contributed by atoms with Crippen molar-refractivity contribution >= 4 is 29.3 Å². The fourth-order valence-corrected chi connectivity index (χ4v) is 3.88. The molecule has 2 amide bonds. The first-order valence-electron chi connectivity index (χ1n) is 7.72. The Morgan fingerprint density at radius 2 is 2.12 bits per heavy atom. The van der Waals surface area contributed by atoms with Crippen LogP contribution in [0.5, 0.6) is 0 Å². The number of hydrogen-bond acceptors (Lipinski definition) is 4. The van der Waals surface area contributed by atoms with Crippen molar-refractivity contribution in [2.45, 2.75) is 36.5 Å². The minimum atomic E-state index is -1.21. The fourth-order valence-electron chi connectivity index (χ4n) is 2.77. The number of nitrogens with zero attached hydrogens (tertiary/aromatic N) is 2. The molecule has 0 radical (unpaired) electrons. The van der Waals surface area contributed by atoms with Gasteiger partial charge in [0.15, 0.2) is 4.75 Å². The normalized spacial score (nSPS) is 20.9. The highest BCUT2D eigenvalue weighted by molar-refractivity contribution is 8.02. The highest BCUT2D eigenvalue weighted by atomic mass is 32.2. The smallest absolute Gasteiger partial charge is 0.250 e. The lowest BCUT2D eigenvalue weighted by Crippen LogP contribution is -2.52. The molecule has 7 heteroatoms. The van der Waals surface area contributed by atoms with Crippen LogP contribution in [0.25, 0.3) is 0 Å². The number of thioether (sulfide) groups is 1. The van der Waals surface area contributed by atoms with Crippen molar-refractivity contribution in [2.24, 2.45) is 7.05 Å². The maximum atomic E-state index is 12.8. The van der Waals surface area contributed by atoms with Crippen LogP contribution in [-0.2, 0) is 16.6 Å². The Morgan fingerprint density at radius 1 is 1.42 bits per heavy atom. The van der Waals surface area contributed by atoms with Crippen LogP contribution in [0.15, 0.2) is 35.4 Å². The van der Waals surface area contributed by atoms with E-state index in [0.29, 0.717) is 0 Å². The van der Waals surface area contributed by atoms with Crippen molar-refractivity contribution in [1.82, 2.24) is 15.1 Å². The number of fused-ring (bicyclic) bond motifs is 1. The molecule has 1 aromatic heterocycles. The van der Waals surface area contributed by atoms with E-state index in [0.717, 1.165) is 21.8 Å². The number of para-hydroxylation sites is 1. The average molecular weight is 344 g/mol. The number of rotatable bonds is 3. The number of aromatic nitrogens is 2. The van der Waals surface area contributed by atoms with E-state index in [1.807, 2.05) is 51.4 Å². The van der Waals surface area contributed by atoms with Gasteiger partial charge in [-0.1, -0.05) is 23.9 Å². The van der Waals surface area contributed by atoms with Gasteiger partial charge in [-0.25, -0.2) is 0 Å². The van der Waals surface area contributed by atoms with Crippen molar-refractivity contribution in [2.75, 3.05) is 5.32 Å². The molecule has 0 aliphatic carbocycles. The highest BCUT2D eigenvalue weighted by Crippen LogP contribution is 2.42. The first-order chi connectivity index (χ1) is 11.3. The zero-order valence-corrected chi connectivity index (χ0v) is 14.9. The number of hydrogen-bond donors (Lipinski definition) is 2. The lowest BCUT2D eigenvalue weighted by atomic mass is 10.1. The SMILES string of the molecule is Cc1nn(C)cc1C(C)NC(=O)C1(C)Sc2ccccc2NC1=O. The minimum Gasteiger partial charge on any atom is -0.348 e. The molecule has 1 aromatic carbocycles. The van der Waals surface area contributed by atoms with Crippen LogP contribution < -0.4 is 10.6 Å². The molecule has 0 saturated heterocycles. The van der Waals surface area contributed by atoms with Gasteiger partial charge in [0.1, 0.15) is 0 Å². The lowest BCUT2D eigenvalue weighted by molar-refractivity contribution is -0.130. The van der Waals surface area contributed by atoms with E-state index in [-0.39, 0.29) is 17.9 Å². The third-order valence-corrected chi connectivity index (χ3v) is 5.54. The predicted molar refractivity (Wildman–Crippen MR) is 93.8 cm³/mol. The van der Waals surface area contributed by atoms with Gasteiger partial charge in [-0.05, 0) is 32.9 Å². The summed E-state index contributed by atoms with van der Waals surface area (Å²) in [4.78, 5) is 26.2. The molecule has 2 heterocycles. The van der Waals surface area contributed by atoms with Gasteiger partial charge >= 0.3 is 0 Å². The number of carbonyl (C=O) groups is 2. The number of anilines is 1. The summed E-state index contributed by atoms with van der Waals surface area (Å²) in [6, 6.07) is 7.26. The Bertz CT molecular complexity index is 817. The predicted octanol–water partition coefficient (Wildman–Crippen LogP) is 2.41. The summed E-state index contributed by atoms with van der Waals surface area (Å²) in [6.45, 7) is 5.45. The second-order valence-corrected chi connectivity index (χ2v) is 7.58. The molecule has 1 aliphatic rings. The van der Waals surface area contributed by atoms with E-state index in [4.69, 9.17) is 0 Å². The largest absolute Gasteiger partial charge is 0.348 e. The van der Waals surface area contributed by atoms with Crippen molar-refractivity contribution in [1.29, 1.82) is 0 Å². The molecular weight excluding hydrogens is 324 g/mol. The second-order valence-electron chi connectivity index (χ2n) is 6.12. The van der Waals surface area contributed by atoms with Gasteiger partial charge in [0.05, 0.1) is 17.4 Å². The summed E-state index contributed by atoms with van der Waals surface area (Å²) in [7, 11) is 1.84. The first-order valence-corrected chi connectivity index (χ1v) is 8.53. The van der Waals surface area contributed by atoms with Crippen molar-refractivity contribution in [3.05, 3.63) is 41.7 Å². The van der Waals surface area contributed by atoms with E-state index in [1.54, 1.807) is 11.6 Å². The van der Waals surface area contributed by atoms with Crippen LogP contribution in [0.1, 0.15) is 31.1 Å². The molecule has 126 valence electrons. The molecule has 3 rings (SSSR count). The standard InChI is InChI=1S/C17H20N4O2S/c1-10(12-9-21(4)20-11(12)2)18-15(22)17(3)16(23)19-13-7-5-6-8-14(13)24-17/h5-10H,1-4H3,(H,18,22)(H,19,23). The van der Waals surface area contributed by atoms with E-state index in [1.165, 1.54) is 11.8 Å². The molecule has 2 atom stereocenters. The van der Waals surface area contributed by atoms with Crippen LogP contribution in [0.4, 0.5) is 5.69 Å². The van der Waals surface area contributed by atoms with Crippen LogP contribution in [0, 0.1) is 6.92 Å². The van der Waals surface area contributed by atoms with Gasteiger partial charge in [-0.2, -0.15) is 5.10 Å². The summed E-state index contributed by atoms with van der Waals surface area (Å²) in [5.74, 6) is -0.617. The van der Waals surface area contributed by atoms with Gasteiger partial charge in [0.25, 0.3) is 0 Å². The maximum absolute atomic E-state index is 12.8. The average Bonchev–Trinajstić information content (AvgIpc) is 2.87. The number of amides is 2. The minimum absolute atomic E-state index is 0.228. The fraction of sp³-hybridized carbons (Fsp3) is 0.353. The number of nitrogens with one attached hydrogen (secondary N) is 2. The molecule has 2 aromatic rings. The first kappa shape index (κ1) is 16.6. The number of benzene rings is 1. The molecule has 6 nitrogen and oxygen atoms in total. The van der Waals surface area contributed by atoms with Crippen LogP contribution in [0.2, 0.25) is 0 Å². The molecule has 24 heavy (non-hydrogen) atoms. The van der Waals surface area contributed by atoms with E-state index < -0.39 is 4.75 Å². The topological polar surface area (TPSA) is 76.0 Å². The summed E-state index contributed by atoms with van der Waals surface area (Å²) in [6.07, 6.45) is 1.88. The summed E-state index contributed by atoms with van der Waals surface area (Å²) in [5.41, 5.74) is 2.55. The van der Waals surface area contributed by atoms with Gasteiger partial charge in [0.2, 0.25) is 11.8 Å². The molecule has 2 N–H and O–H groups in total. The summed E-state index contributed by atoms with van der Waals surface area (Å²) < 4.78 is 0.506. The van der Waals surface area contributed by atoms with E-state index >= 15 is 0 Å². The molecule has 1 aliphatic heterocycles. The zero-order chi connectivity index (χ0) is 17.5. The number of carbonyl (C=O) groups excluding carboxylic acids is 2. The zero-order valence-electron chi connectivity index (χ0n) is 14.1.